The lowest BCUT2D eigenvalue weighted by Crippen LogP contribution is -2.31. The van der Waals surface area contributed by atoms with Crippen molar-refractivity contribution in [2.45, 2.75) is 39.2 Å². The van der Waals surface area contributed by atoms with Gasteiger partial charge in [0.2, 0.25) is 0 Å². The number of oxazole rings is 1. The maximum Gasteiger partial charge on any atom is 0.269 e. The Morgan fingerprint density at radius 2 is 1.36 bits per heavy atom. The summed E-state index contributed by atoms with van der Waals surface area (Å²) >= 11 is 5.53. The zero-order valence-electron chi connectivity index (χ0n) is 18.9. The quantitative estimate of drug-likeness (QED) is 0.309. The van der Waals surface area contributed by atoms with Gasteiger partial charge in [0, 0.05) is 23.6 Å². The van der Waals surface area contributed by atoms with E-state index in [-0.39, 0.29) is 0 Å². The van der Waals surface area contributed by atoms with E-state index in [1.54, 1.807) is 0 Å². The number of hydrogen-bond donors (Lipinski definition) is 0. The third-order valence-corrected chi connectivity index (χ3v) is 6.56. The van der Waals surface area contributed by atoms with Gasteiger partial charge >= 0.3 is 0 Å². The van der Waals surface area contributed by atoms with Crippen molar-refractivity contribution in [3.8, 4) is 0 Å². The van der Waals surface area contributed by atoms with Gasteiger partial charge < -0.3 is 9.32 Å². The van der Waals surface area contributed by atoms with E-state index in [0.29, 0.717) is 4.84 Å². The molecule has 0 radical (unpaired) electrons. The normalized spacial score (nSPS) is 14.1. The van der Waals surface area contributed by atoms with Crippen molar-refractivity contribution >= 4 is 40.9 Å². The number of hydrogen-bond acceptors (Lipinski definition) is 3. The molecule has 1 aromatic heterocycles. The SMILES string of the molecule is CCn1c(=S)o/c(=C/c2ccc(N(c3ccccc3)c3ccccc3)cc2)c1=C1CCCC1. The van der Waals surface area contributed by atoms with E-state index >= 15 is 0 Å². The summed E-state index contributed by atoms with van der Waals surface area (Å²) in [4.78, 5) is 2.83. The number of para-hydroxylation sites is 2. The van der Waals surface area contributed by atoms with E-state index in [9.17, 15) is 0 Å². The molecule has 0 unspecified atom stereocenters. The molecule has 0 atom stereocenters. The average molecular weight is 453 g/mol. The van der Waals surface area contributed by atoms with Crippen LogP contribution in [0.25, 0.3) is 11.6 Å². The van der Waals surface area contributed by atoms with Crippen molar-refractivity contribution in [3.63, 3.8) is 0 Å². The Bertz CT molecular complexity index is 1350. The van der Waals surface area contributed by atoms with Crippen LogP contribution in [0.5, 0.6) is 0 Å². The van der Waals surface area contributed by atoms with Crippen LogP contribution >= 0.6 is 12.2 Å². The molecular formula is C29H28N2OS. The summed E-state index contributed by atoms with van der Waals surface area (Å²) in [5.74, 6) is 0. The Morgan fingerprint density at radius 3 is 1.91 bits per heavy atom. The molecule has 4 heteroatoms. The zero-order valence-corrected chi connectivity index (χ0v) is 19.7. The van der Waals surface area contributed by atoms with Crippen LogP contribution in [0.4, 0.5) is 17.1 Å². The lowest BCUT2D eigenvalue weighted by molar-refractivity contribution is 0.489. The van der Waals surface area contributed by atoms with Crippen LogP contribution in [0.1, 0.15) is 38.2 Å². The number of rotatable bonds is 5. The molecule has 0 N–H and O–H groups in total. The van der Waals surface area contributed by atoms with Crippen LogP contribution in [0, 0.1) is 4.84 Å². The van der Waals surface area contributed by atoms with Crippen molar-refractivity contribution in [2.24, 2.45) is 0 Å². The highest BCUT2D eigenvalue weighted by atomic mass is 32.1. The molecule has 1 aliphatic carbocycles. The second-order valence-corrected chi connectivity index (χ2v) is 8.73. The topological polar surface area (TPSA) is 21.3 Å². The molecule has 0 amide bonds. The third kappa shape index (κ3) is 4.44. The van der Waals surface area contributed by atoms with Crippen LogP contribution < -0.4 is 15.7 Å². The van der Waals surface area contributed by atoms with Gasteiger partial charge in [0.05, 0.1) is 5.35 Å². The molecule has 0 bridgehead atoms. The van der Waals surface area contributed by atoms with E-state index in [1.165, 1.54) is 23.8 Å². The molecule has 5 rings (SSSR count). The van der Waals surface area contributed by atoms with Gasteiger partial charge in [-0.05, 0) is 98.4 Å². The molecule has 1 heterocycles. The first-order valence-corrected chi connectivity index (χ1v) is 12.1. The number of nitrogens with zero attached hydrogens (tertiary/aromatic N) is 2. The van der Waals surface area contributed by atoms with Crippen molar-refractivity contribution in [1.82, 2.24) is 4.57 Å². The summed E-state index contributed by atoms with van der Waals surface area (Å²) < 4.78 is 8.20. The van der Waals surface area contributed by atoms with E-state index < -0.39 is 0 Å². The fraction of sp³-hybridized carbons (Fsp3) is 0.207. The molecule has 33 heavy (non-hydrogen) atoms. The first-order chi connectivity index (χ1) is 16.2. The van der Waals surface area contributed by atoms with E-state index in [4.69, 9.17) is 16.6 Å². The van der Waals surface area contributed by atoms with Crippen molar-refractivity contribution in [2.75, 3.05) is 4.90 Å². The predicted molar refractivity (Wildman–Crippen MR) is 139 cm³/mol. The average Bonchev–Trinajstić information content (AvgIpc) is 3.49. The Hall–Kier alpha value is -3.37. The number of benzene rings is 3. The second kappa shape index (κ2) is 9.63. The minimum absolute atomic E-state index is 0.564. The third-order valence-electron chi connectivity index (χ3n) is 6.26. The molecule has 3 aromatic carbocycles. The highest BCUT2D eigenvalue weighted by Gasteiger charge is 2.14. The maximum atomic E-state index is 6.06. The van der Waals surface area contributed by atoms with Crippen LogP contribution in [-0.2, 0) is 6.54 Å². The molecule has 1 aliphatic rings. The Labute approximate surface area is 199 Å². The van der Waals surface area contributed by atoms with E-state index in [2.05, 4.69) is 95.3 Å². The summed E-state index contributed by atoms with van der Waals surface area (Å²) in [5, 5.41) is 1.19. The van der Waals surface area contributed by atoms with Crippen molar-refractivity contribution < 1.29 is 4.42 Å². The number of aromatic nitrogens is 1. The molecule has 1 fully saturated rings. The lowest BCUT2D eigenvalue weighted by atomic mass is 10.1. The minimum Gasteiger partial charge on any atom is -0.429 e. The van der Waals surface area contributed by atoms with Gasteiger partial charge in [-0.25, -0.2) is 0 Å². The van der Waals surface area contributed by atoms with Gasteiger partial charge in [-0.15, -0.1) is 0 Å². The van der Waals surface area contributed by atoms with Gasteiger partial charge in [0.25, 0.3) is 4.84 Å². The highest BCUT2D eigenvalue weighted by molar-refractivity contribution is 7.71. The Kier molecular flexibility index (Phi) is 6.27. The smallest absolute Gasteiger partial charge is 0.269 e. The largest absolute Gasteiger partial charge is 0.429 e. The van der Waals surface area contributed by atoms with E-state index in [0.717, 1.165) is 47.4 Å². The monoisotopic (exact) mass is 452 g/mol. The molecule has 0 saturated heterocycles. The summed E-state index contributed by atoms with van der Waals surface area (Å²) in [6, 6.07) is 29.6. The highest BCUT2D eigenvalue weighted by Crippen LogP contribution is 2.34. The molecule has 0 spiro atoms. The van der Waals surface area contributed by atoms with E-state index in [1.807, 2.05) is 12.1 Å². The van der Waals surface area contributed by atoms with Crippen LogP contribution in [0.3, 0.4) is 0 Å². The molecular weight excluding hydrogens is 424 g/mol. The summed E-state index contributed by atoms with van der Waals surface area (Å²) in [6.45, 7) is 2.96. The van der Waals surface area contributed by atoms with Crippen LogP contribution in [0.15, 0.2) is 89.3 Å². The van der Waals surface area contributed by atoms with Gasteiger partial charge in [0.15, 0.2) is 5.42 Å². The summed E-state index contributed by atoms with van der Waals surface area (Å²) in [6.07, 6.45) is 6.90. The van der Waals surface area contributed by atoms with Crippen molar-refractivity contribution in [3.05, 3.63) is 106 Å². The minimum atomic E-state index is 0.564. The van der Waals surface area contributed by atoms with Crippen LogP contribution in [0.2, 0.25) is 0 Å². The summed E-state index contributed by atoms with van der Waals surface area (Å²) in [5.41, 5.74) is 6.83. The molecule has 0 aliphatic heterocycles. The molecule has 1 saturated carbocycles. The Balaban J connectivity index is 1.58. The first-order valence-electron chi connectivity index (χ1n) is 11.7. The van der Waals surface area contributed by atoms with Crippen LogP contribution in [-0.4, -0.2) is 4.57 Å². The summed E-state index contributed by atoms with van der Waals surface area (Å²) in [7, 11) is 0. The number of anilines is 3. The predicted octanol–water partition coefficient (Wildman–Crippen LogP) is 6.85. The van der Waals surface area contributed by atoms with Gasteiger partial charge in [0.1, 0.15) is 0 Å². The maximum absolute atomic E-state index is 6.06. The molecule has 4 aromatic rings. The van der Waals surface area contributed by atoms with Crippen molar-refractivity contribution in [1.29, 1.82) is 0 Å². The van der Waals surface area contributed by atoms with Gasteiger partial charge in [-0.3, -0.25) is 4.57 Å². The zero-order chi connectivity index (χ0) is 22.6. The molecule has 166 valence electrons. The van der Waals surface area contributed by atoms with Gasteiger partial charge in [-0.2, -0.15) is 0 Å². The lowest BCUT2D eigenvalue weighted by Gasteiger charge is -2.25. The first kappa shape index (κ1) is 21.5. The second-order valence-electron chi connectivity index (χ2n) is 8.38. The standard InChI is InChI=1S/C29H28N2OS/c1-2-30-28(23-11-9-10-12-23)27(32-29(30)33)21-22-17-19-26(20-18-22)31(24-13-5-3-6-14-24)25-15-7-4-8-16-25/h3-8,13-21H,2,9-12H2,1H3/b27-21+. The molecule has 3 nitrogen and oxygen atoms in total. The fourth-order valence-electron chi connectivity index (χ4n) is 4.68. The fourth-order valence-corrected chi connectivity index (χ4v) is 4.99. The Morgan fingerprint density at radius 1 is 0.818 bits per heavy atom. The van der Waals surface area contributed by atoms with Gasteiger partial charge in [-0.1, -0.05) is 48.5 Å².